The van der Waals surface area contributed by atoms with E-state index in [2.05, 4.69) is 0 Å². The zero-order chi connectivity index (χ0) is 28.0. The molecule has 5 nitrogen and oxygen atoms in total. The predicted molar refractivity (Wildman–Crippen MR) is 139 cm³/mol. The molecule has 208 valence electrons. The lowest BCUT2D eigenvalue weighted by atomic mass is 9.85. The fourth-order valence-corrected chi connectivity index (χ4v) is 6.52. The number of nitrogens with zero attached hydrogens (tertiary/aromatic N) is 2. The monoisotopic (exact) mass is 562 g/mol. The van der Waals surface area contributed by atoms with E-state index in [1.54, 1.807) is 47.4 Å². The number of halogens is 4. The van der Waals surface area contributed by atoms with Crippen LogP contribution >= 0.6 is 0 Å². The Kier molecular flexibility index (Phi) is 9.07. The van der Waals surface area contributed by atoms with Crippen molar-refractivity contribution in [3.05, 3.63) is 101 Å². The van der Waals surface area contributed by atoms with Crippen LogP contribution in [0.25, 0.3) is 0 Å². The Morgan fingerprint density at radius 3 is 1.92 bits per heavy atom. The number of rotatable bonds is 10. The number of carbonyl (C=O) groups excluding carboxylic acids is 1. The van der Waals surface area contributed by atoms with E-state index in [0.29, 0.717) is 36.8 Å². The second-order valence-electron chi connectivity index (χ2n) is 9.88. The van der Waals surface area contributed by atoms with Gasteiger partial charge in [0.1, 0.15) is 5.82 Å². The molecule has 39 heavy (non-hydrogen) atoms. The van der Waals surface area contributed by atoms with Gasteiger partial charge in [0.15, 0.2) is 0 Å². The largest absolute Gasteiger partial charge is 0.416 e. The summed E-state index contributed by atoms with van der Waals surface area (Å²) in [6, 6.07) is 18.6. The molecule has 1 aliphatic carbocycles. The maximum atomic E-state index is 13.5. The fraction of sp³-hybridized carbons (Fsp3) is 0.345. The third kappa shape index (κ3) is 7.45. The van der Waals surface area contributed by atoms with E-state index in [4.69, 9.17) is 0 Å². The second kappa shape index (κ2) is 12.3. The predicted octanol–water partition coefficient (Wildman–Crippen LogP) is 6.25. The SMILES string of the molecule is O=CN(Cc1ccc(C(F)(F)F)cc1)C1CCC(CN(Cc2ccc(F)cc2)S(=O)(=O)c2ccccc2)CC1. The highest BCUT2D eigenvalue weighted by Gasteiger charge is 2.32. The summed E-state index contributed by atoms with van der Waals surface area (Å²) < 4.78 is 80.4. The summed E-state index contributed by atoms with van der Waals surface area (Å²) in [6.45, 7) is 0.586. The van der Waals surface area contributed by atoms with Crippen molar-refractivity contribution < 1.29 is 30.8 Å². The van der Waals surface area contributed by atoms with Crippen molar-refractivity contribution >= 4 is 16.4 Å². The number of hydrogen-bond acceptors (Lipinski definition) is 3. The Labute approximate surface area is 226 Å². The smallest absolute Gasteiger partial charge is 0.338 e. The number of hydrogen-bond donors (Lipinski definition) is 0. The zero-order valence-electron chi connectivity index (χ0n) is 21.2. The van der Waals surface area contributed by atoms with Gasteiger partial charge >= 0.3 is 6.18 Å². The van der Waals surface area contributed by atoms with Crippen LogP contribution < -0.4 is 0 Å². The van der Waals surface area contributed by atoms with Crippen LogP contribution in [0.15, 0.2) is 83.8 Å². The van der Waals surface area contributed by atoms with Crippen LogP contribution in [0.1, 0.15) is 42.4 Å². The van der Waals surface area contributed by atoms with E-state index < -0.39 is 27.6 Å². The number of amides is 1. The average molecular weight is 563 g/mol. The van der Waals surface area contributed by atoms with Crippen molar-refractivity contribution in [1.29, 1.82) is 0 Å². The van der Waals surface area contributed by atoms with Gasteiger partial charge in [-0.2, -0.15) is 17.5 Å². The molecule has 1 amide bonds. The quantitative estimate of drug-likeness (QED) is 0.217. The first-order valence-corrected chi connectivity index (χ1v) is 14.2. The zero-order valence-corrected chi connectivity index (χ0v) is 22.0. The molecule has 0 aromatic heterocycles. The van der Waals surface area contributed by atoms with Gasteiger partial charge < -0.3 is 4.90 Å². The molecule has 0 spiro atoms. The van der Waals surface area contributed by atoms with Gasteiger partial charge in [-0.1, -0.05) is 42.5 Å². The number of benzene rings is 3. The average Bonchev–Trinajstić information content (AvgIpc) is 2.93. The highest BCUT2D eigenvalue weighted by molar-refractivity contribution is 7.89. The molecule has 1 saturated carbocycles. The highest BCUT2D eigenvalue weighted by atomic mass is 32.2. The van der Waals surface area contributed by atoms with Crippen molar-refractivity contribution in [1.82, 2.24) is 9.21 Å². The van der Waals surface area contributed by atoms with Gasteiger partial charge in [0.25, 0.3) is 0 Å². The van der Waals surface area contributed by atoms with E-state index in [-0.39, 0.29) is 36.5 Å². The summed E-state index contributed by atoms with van der Waals surface area (Å²) in [5.74, 6) is -0.342. The Balaban J connectivity index is 1.42. The third-order valence-corrected chi connectivity index (χ3v) is 9.01. The van der Waals surface area contributed by atoms with Crippen LogP contribution in [0.2, 0.25) is 0 Å². The fourth-order valence-electron chi connectivity index (χ4n) is 4.99. The number of alkyl halides is 3. The Bertz CT molecular complexity index is 1320. The Morgan fingerprint density at radius 1 is 0.795 bits per heavy atom. The first-order chi connectivity index (χ1) is 18.6. The summed E-state index contributed by atoms with van der Waals surface area (Å²) in [5.41, 5.74) is 0.546. The summed E-state index contributed by atoms with van der Waals surface area (Å²) in [4.78, 5) is 13.6. The molecular weight excluding hydrogens is 532 g/mol. The van der Waals surface area contributed by atoms with Gasteiger partial charge in [-0.15, -0.1) is 0 Å². The minimum absolute atomic E-state index is 0.0553. The second-order valence-corrected chi connectivity index (χ2v) is 11.8. The first kappa shape index (κ1) is 28.8. The van der Waals surface area contributed by atoms with E-state index in [0.717, 1.165) is 18.5 Å². The molecule has 0 N–H and O–H groups in total. The van der Waals surface area contributed by atoms with E-state index in [1.807, 2.05) is 0 Å². The molecule has 3 aromatic rings. The van der Waals surface area contributed by atoms with E-state index >= 15 is 0 Å². The lowest BCUT2D eigenvalue weighted by molar-refractivity contribution is -0.137. The molecule has 0 radical (unpaired) electrons. The normalized spacial score (nSPS) is 18.2. The molecule has 1 fully saturated rings. The molecule has 3 aromatic carbocycles. The molecule has 4 rings (SSSR count). The summed E-state index contributed by atoms with van der Waals surface area (Å²) in [5, 5.41) is 0. The minimum Gasteiger partial charge on any atom is -0.338 e. The topological polar surface area (TPSA) is 57.7 Å². The summed E-state index contributed by atoms with van der Waals surface area (Å²) >= 11 is 0. The van der Waals surface area contributed by atoms with E-state index in [1.165, 1.54) is 28.6 Å². The summed E-state index contributed by atoms with van der Waals surface area (Å²) in [6.07, 6.45) is -1.01. The first-order valence-electron chi connectivity index (χ1n) is 12.7. The number of carbonyl (C=O) groups is 1. The van der Waals surface area contributed by atoms with Crippen LogP contribution in [0.4, 0.5) is 17.6 Å². The Hall–Kier alpha value is -3.24. The molecule has 10 heteroatoms. The maximum Gasteiger partial charge on any atom is 0.416 e. The minimum atomic E-state index is -4.42. The molecule has 0 aliphatic heterocycles. The van der Waals surface area contributed by atoms with Crippen molar-refractivity contribution in [2.45, 2.75) is 55.9 Å². The van der Waals surface area contributed by atoms with Crippen LogP contribution in [-0.2, 0) is 34.1 Å². The molecule has 0 atom stereocenters. The van der Waals surface area contributed by atoms with Gasteiger partial charge in [-0.25, -0.2) is 12.8 Å². The van der Waals surface area contributed by atoms with Crippen LogP contribution in [0, 0.1) is 11.7 Å². The lowest BCUT2D eigenvalue weighted by Crippen LogP contribution is -2.40. The molecule has 0 saturated heterocycles. The van der Waals surface area contributed by atoms with Crippen molar-refractivity contribution in [3.8, 4) is 0 Å². The van der Waals surface area contributed by atoms with Crippen LogP contribution in [0.3, 0.4) is 0 Å². The number of sulfonamides is 1. The molecule has 0 bridgehead atoms. The van der Waals surface area contributed by atoms with Gasteiger partial charge in [-0.3, -0.25) is 4.79 Å². The molecular formula is C29H30F4N2O3S. The third-order valence-electron chi connectivity index (χ3n) is 7.18. The molecule has 0 unspecified atom stereocenters. The van der Waals surface area contributed by atoms with Crippen LogP contribution in [0.5, 0.6) is 0 Å². The standard InChI is InChI=1S/C29H30F4N2O3S/c30-26-14-8-23(9-15-26)19-35(39(37,38)28-4-2-1-3-5-28)20-24-10-16-27(17-11-24)34(21-36)18-22-6-12-25(13-7-22)29(31,32)33/h1-9,12-15,21,24,27H,10-11,16-20H2. The van der Waals surface area contributed by atoms with Gasteiger partial charge in [-0.05, 0) is 79.1 Å². The van der Waals surface area contributed by atoms with Gasteiger partial charge in [0.2, 0.25) is 16.4 Å². The van der Waals surface area contributed by atoms with Crippen molar-refractivity contribution in [2.24, 2.45) is 5.92 Å². The van der Waals surface area contributed by atoms with Gasteiger partial charge in [0, 0.05) is 25.7 Å². The molecule has 1 aliphatic rings. The van der Waals surface area contributed by atoms with Crippen LogP contribution in [-0.4, -0.2) is 36.6 Å². The van der Waals surface area contributed by atoms with Crippen molar-refractivity contribution in [3.63, 3.8) is 0 Å². The molecule has 0 heterocycles. The summed E-state index contributed by atoms with van der Waals surface area (Å²) in [7, 11) is -3.81. The Morgan fingerprint density at radius 2 is 1.36 bits per heavy atom. The van der Waals surface area contributed by atoms with E-state index in [9.17, 15) is 30.8 Å². The maximum absolute atomic E-state index is 13.5. The highest BCUT2D eigenvalue weighted by Crippen LogP contribution is 2.32. The van der Waals surface area contributed by atoms with Gasteiger partial charge in [0.05, 0.1) is 10.5 Å². The lowest BCUT2D eigenvalue weighted by Gasteiger charge is -2.36. The van der Waals surface area contributed by atoms with Crippen molar-refractivity contribution in [2.75, 3.05) is 6.54 Å².